The molecule has 0 saturated heterocycles. The van der Waals surface area contributed by atoms with E-state index in [1.165, 1.54) is 6.07 Å². The summed E-state index contributed by atoms with van der Waals surface area (Å²) in [5, 5.41) is 15.0. The maximum Gasteiger partial charge on any atom is 1.00 e. The fourth-order valence-corrected chi connectivity index (χ4v) is 4.61. The van der Waals surface area contributed by atoms with E-state index in [2.05, 4.69) is 10.3 Å². The Morgan fingerprint density at radius 3 is 2.52 bits per heavy atom. The van der Waals surface area contributed by atoms with Gasteiger partial charge in [0.25, 0.3) is 5.91 Å². The van der Waals surface area contributed by atoms with Gasteiger partial charge in [-0.2, -0.15) is 0 Å². The molecular weight excluding hydrogens is 566 g/mol. The molecule has 0 bridgehead atoms. The molecule has 8 nitrogen and oxygen atoms in total. The predicted octanol–water partition coefficient (Wildman–Crippen LogP) is 2.73. The average molecular weight is 587 g/mol. The van der Waals surface area contributed by atoms with Gasteiger partial charge in [0.05, 0.1) is 24.4 Å². The Balaban J connectivity index is 0.00000370. The maximum absolute atomic E-state index is 12.9. The third kappa shape index (κ3) is 6.54. The van der Waals surface area contributed by atoms with E-state index in [1.54, 1.807) is 67.8 Å². The molecule has 11 heteroatoms. The number of carbonyl (C=O) groups is 2. The van der Waals surface area contributed by atoms with E-state index in [4.69, 9.17) is 37.4 Å². The summed E-state index contributed by atoms with van der Waals surface area (Å²) >= 11 is 12.4. The van der Waals surface area contributed by atoms with Crippen LogP contribution in [0, 0.1) is 0 Å². The van der Waals surface area contributed by atoms with E-state index in [9.17, 15) is 14.7 Å². The normalized spacial score (nSPS) is 13.7. The second kappa shape index (κ2) is 12.9. The van der Waals surface area contributed by atoms with Gasteiger partial charge in [-0.15, -0.1) is 0 Å². The Morgan fingerprint density at radius 2 is 1.80 bits per heavy atom. The van der Waals surface area contributed by atoms with Gasteiger partial charge in [0.2, 0.25) is 0 Å². The number of benzene rings is 3. The van der Waals surface area contributed by atoms with Crippen LogP contribution in [-0.4, -0.2) is 30.6 Å². The first-order valence-electron chi connectivity index (χ1n) is 11.9. The topological polar surface area (TPSA) is 110 Å². The number of carboxylic acid groups (broad SMARTS) is 1. The fourth-order valence-electron chi connectivity index (χ4n) is 4.23. The van der Waals surface area contributed by atoms with Crippen molar-refractivity contribution in [2.24, 2.45) is 0 Å². The number of rotatable bonds is 7. The minimum atomic E-state index is -1.18. The number of anilines is 1. The van der Waals surface area contributed by atoms with Crippen LogP contribution in [0.25, 0.3) is 11.3 Å². The molecule has 5 rings (SSSR count). The molecule has 1 unspecified atom stereocenters. The van der Waals surface area contributed by atoms with Crippen molar-refractivity contribution in [3.05, 3.63) is 94.0 Å². The average Bonchev–Trinajstić information content (AvgIpc) is 2.93. The summed E-state index contributed by atoms with van der Waals surface area (Å²) in [4.78, 5) is 28.8. The second-order valence-electron chi connectivity index (χ2n) is 8.66. The van der Waals surface area contributed by atoms with Crippen LogP contribution in [0.4, 0.5) is 5.82 Å². The number of hydrogen-bond acceptors (Lipinski definition) is 7. The Kier molecular flexibility index (Phi) is 9.60. The molecule has 0 saturated carbocycles. The summed E-state index contributed by atoms with van der Waals surface area (Å²) in [6, 6.07) is 20.0. The molecule has 0 spiro atoms. The minimum absolute atomic E-state index is 0. The summed E-state index contributed by atoms with van der Waals surface area (Å²) in [6.07, 6.45) is 0.310. The van der Waals surface area contributed by atoms with Crippen molar-refractivity contribution in [1.82, 2.24) is 4.98 Å². The van der Waals surface area contributed by atoms with Gasteiger partial charge in [-0.05, 0) is 67.1 Å². The van der Waals surface area contributed by atoms with E-state index >= 15 is 0 Å². The van der Waals surface area contributed by atoms with Crippen molar-refractivity contribution in [1.29, 1.82) is 0 Å². The molecular formula is C29H21Cl2N2NaO6. The molecule has 198 valence electrons. The van der Waals surface area contributed by atoms with Crippen LogP contribution in [0.15, 0.2) is 72.8 Å². The third-order valence-electron chi connectivity index (χ3n) is 6.16. The predicted molar refractivity (Wildman–Crippen MR) is 145 cm³/mol. The van der Waals surface area contributed by atoms with Crippen molar-refractivity contribution in [2.75, 3.05) is 19.0 Å². The quantitative estimate of drug-likeness (QED) is 0.332. The van der Waals surface area contributed by atoms with Gasteiger partial charge >= 0.3 is 29.6 Å². The molecule has 1 amide bonds. The van der Waals surface area contributed by atoms with E-state index < -0.39 is 11.9 Å². The molecule has 0 radical (unpaired) electrons. The van der Waals surface area contributed by atoms with Gasteiger partial charge < -0.3 is 29.4 Å². The molecule has 1 aliphatic rings. The van der Waals surface area contributed by atoms with Gasteiger partial charge in [-0.25, -0.2) is 4.98 Å². The van der Waals surface area contributed by atoms with E-state index in [-0.39, 0.29) is 47.1 Å². The monoisotopic (exact) mass is 586 g/mol. The number of carbonyl (C=O) groups excluding carboxylic acids is 2. The first kappa shape index (κ1) is 29.7. The molecule has 3 aromatic carbocycles. The molecule has 0 fully saturated rings. The molecule has 1 atom stereocenters. The van der Waals surface area contributed by atoms with Crippen LogP contribution in [0.5, 0.6) is 23.0 Å². The number of halogens is 2. The number of fused-ring (bicyclic) bond motifs is 1. The molecule has 1 aliphatic heterocycles. The molecule has 1 aromatic heterocycles. The van der Waals surface area contributed by atoms with Crippen LogP contribution >= 0.6 is 23.2 Å². The number of nitrogens with one attached hydrogen (secondary N) is 1. The first-order chi connectivity index (χ1) is 18.8. The number of methoxy groups -OCH3 is 1. The number of ether oxygens (including phenoxy) is 3. The van der Waals surface area contributed by atoms with Crippen molar-refractivity contribution in [3.63, 3.8) is 0 Å². The summed E-state index contributed by atoms with van der Waals surface area (Å²) < 4.78 is 16.9. The Labute approximate surface area is 262 Å². The number of aliphatic carboxylic acids is 1. The first-order valence-corrected chi connectivity index (χ1v) is 12.7. The summed E-state index contributed by atoms with van der Waals surface area (Å²) in [5.41, 5.74) is 2.19. The van der Waals surface area contributed by atoms with Crippen molar-refractivity contribution >= 4 is 40.9 Å². The minimum Gasteiger partial charge on any atom is -0.549 e. The Morgan fingerprint density at radius 1 is 1.02 bits per heavy atom. The standard InChI is InChI=1S/C29H22Cl2N2O6.Na/c1-37-24-13-17(30)7-10-20(24)23-3-2-4-27(32-23)33-28(34)16-5-8-18(9-6-16)39-26-15-25-21(14-22(26)31)19(29(35)36)11-12-38-25;/h2-10,13-15,19H,11-12H2,1H3,(H,35,36)(H,32,33,34);/q;+1/p-1. The van der Waals surface area contributed by atoms with Crippen molar-refractivity contribution in [2.45, 2.75) is 12.3 Å². The van der Waals surface area contributed by atoms with E-state index in [0.29, 0.717) is 57.1 Å². The summed E-state index contributed by atoms with van der Waals surface area (Å²) in [7, 11) is 1.55. The zero-order valence-corrected chi connectivity index (χ0v) is 25.1. The molecule has 1 N–H and O–H groups in total. The molecule has 2 heterocycles. The van der Waals surface area contributed by atoms with Crippen LogP contribution in [0.2, 0.25) is 10.0 Å². The molecule has 40 heavy (non-hydrogen) atoms. The van der Waals surface area contributed by atoms with Crippen molar-refractivity contribution < 1.29 is 58.5 Å². The number of aromatic nitrogens is 1. The van der Waals surface area contributed by atoms with E-state index in [1.807, 2.05) is 6.07 Å². The SMILES string of the molecule is COc1cc(Cl)ccc1-c1cccc(NC(=O)c2ccc(Oc3cc4c(cc3Cl)C(C(=O)[O-])CCO4)cc2)n1.[Na+]. The summed E-state index contributed by atoms with van der Waals surface area (Å²) in [6.45, 7) is 0.252. The van der Waals surface area contributed by atoms with E-state index in [0.717, 1.165) is 5.56 Å². The van der Waals surface area contributed by atoms with Gasteiger partial charge in [-0.3, -0.25) is 4.79 Å². The third-order valence-corrected chi connectivity index (χ3v) is 6.69. The number of hydrogen-bond donors (Lipinski definition) is 1. The van der Waals surface area contributed by atoms with Gasteiger partial charge in [0, 0.05) is 39.7 Å². The largest absolute Gasteiger partial charge is 1.00 e. The fraction of sp³-hybridized carbons (Fsp3) is 0.138. The maximum atomic E-state index is 12.9. The number of amides is 1. The zero-order chi connectivity index (χ0) is 27.5. The smallest absolute Gasteiger partial charge is 0.549 e. The Hall–Kier alpha value is -3.27. The van der Waals surface area contributed by atoms with Gasteiger partial charge in [0.1, 0.15) is 28.8 Å². The number of pyridine rings is 1. The molecule has 4 aromatic rings. The van der Waals surface area contributed by atoms with Crippen molar-refractivity contribution in [3.8, 4) is 34.3 Å². The number of carboxylic acids is 1. The van der Waals surface area contributed by atoms with Crippen LogP contribution < -0.4 is 54.2 Å². The number of nitrogens with zero attached hydrogens (tertiary/aromatic N) is 1. The zero-order valence-electron chi connectivity index (χ0n) is 21.6. The van der Waals surface area contributed by atoms with Gasteiger partial charge in [0.15, 0.2) is 0 Å². The Bertz CT molecular complexity index is 1570. The van der Waals surface area contributed by atoms with Crippen LogP contribution in [-0.2, 0) is 4.79 Å². The van der Waals surface area contributed by atoms with Crippen LogP contribution in [0.3, 0.4) is 0 Å². The van der Waals surface area contributed by atoms with Crippen LogP contribution in [0.1, 0.15) is 28.3 Å². The van der Waals surface area contributed by atoms with Gasteiger partial charge in [-0.1, -0.05) is 29.3 Å². The summed E-state index contributed by atoms with van der Waals surface area (Å²) in [5.74, 6) is -0.282. The molecule has 0 aliphatic carbocycles. The second-order valence-corrected chi connectivity index (χ2v) is 9.51.